The van der Waals surface area contributed by atoms with Crippen molar-refractivity contribution in [2.24, 2.45) is 0 Å². The largest absolute Gasteiger partial charge is 0.322 e. The lowest BCUT2D eigenvalue weighted by molar-refractivity contribution is -0.384. The number of carbonyl (C=O) groups excluding carboxylic acids is 1. The number of nitro groups is 1. The first-order chi connectivity index (χ1) is 14.0. The fourth-order valence-corrected chi connectivity index (χ4v) is 3.48. The Morgan fingerprint density at radius 2 is 2.00 bits per heavy atom. The molecule has 0 aliphatic carbocycles. The Labute approximate surface area is 169 Å². The number of benzene rings is 2. The smallest absolute Gasteiger partial charge is 0.294 e. The molecular weight excluding hydrogens is 390 g/mol. The highest BCUT2D eigenvalue weighted by molar-refractivity contribution is 7.09. The van der Waals surface area contributed by atoms with Crippen LogP contribution in [0.15, 0.2) is 66.6 Å². The SMILES string of the molecule is Cc1nc(-c2ccc(NC(=O)c3ccc(-n4ccnc4)c([N+](=O)[O-])c3)cc2)cs1. The van der Waals surface area contributed by atoms with Crippen molar-refractivity contribution in [2.75, 3.05) is 5.32 Å². The van der Waals surface area contributed by atoms with Crippen LogP contribution in [0.25, 0.3) is 16.9 Å². The van der Waals surface area contributed by atoms with Crippen LogP contribution in [0.5, 0.6) is 0 Å². The van der Waals surface area contributed by atoms with E-state index in [1.807, 2.05) is 24.4 Å². The Bertz CT molecular complexity index is 1180. The summed E-state index contributed by atoms with van der Waals surface area (Å²) in [5.41, 5.74) is 2.78. The highest BCUT2D eigenvalue weighted by Gasteiger charge is 2.19. The number of rotatable bonds is 5. The van der Waals surface area contributed by atoms with E-state index in [4.69, 9.17) is 0 Å². The zero-order valence-electron chi connectivity index (χ0n) is 15.3. The second-order valence-corrected chi connectivity index (χ2v) is 7.28. The number of imidazole rings is 1. The fraction of sp³-hybridized carbons (Fsp3) is 0.0500. The third-order valence-electron chi connectivity index (χ3n) is 4.27. The van der Waals surface area contributed by atoms with Crippen molar-refractivity contribution in [1.29, 1.82) is 0 Å². The molecule has 8 nitrogen and oxygen atoms in total. The van der Waals surface area contributed by atoms with Crippen LogP contribution < -0.4 is 5.32 Å². The number of aromatic nitrogens is 3. The second kappa shape index (κ2) is 7.64. The van der Waals surface area contributed by atoms with Gasteiger partial charge in [0.1, 0.15) is 5.69 Å². The number of hydrogen-bond donors (Lipinski definition) is 1. The Hall–Kier alpha value is -3.85. The Morgan fingerprint density at radius 3 is 2.62 bits per heavy atom. The van der Waals surface area contributed by atoms with Crippen LogP contribution in [0.4, 0.5) is 11.4 Å². The normalized spacial score (nSPS) is 10.7. The fourth-order valence-electron chi connectivity index (χ4n) is 2.85. The van der Waals surface area contributed by atoms with Gasteiger partial charge in [-0.15, -0.1) is 11.3 Å². The van der Waals surface area contributed by atoms with Crippen LogP contribution in [0.1, 0.15) is 15.4 Å². The van der Waals surface area contributed by atoms with Gasteiger partial charge >= 0.3 is 0 Å². The zero-order chi connectivity index (χ0) is 20.4. The zero-order valence-corrected chi connectivity index (χ0v) is 16.1. The lowest BCUT2D eigenvalue weighted by atomic mass is 10.1. The number of hydrogen-bond acceptors (Lipinski definition) is 6. The summed E-state index contributed by atoms with van der Waals surface area (Å²) in [7, 11) is 0. The van der Waals surface area contributed by atoms with Crippen LogP contribution in [0.3, 0.4) is 0 Å². The highest BCUT2D eigenvalue weighted by atomic mass is 32.1. The lowest BCUT2D eigenvalue weighted by Gasteiger charge is -2.08. The molecular formula is C20H15N5O3S. The average molecular weight is 405 g/mol. The molecule has 0 saturated heterocycles. The third-order valence-corrected chi connectivity index (χ3v) is 5.05. The first kappa shape index (κ1) is 18.5. The summed E-state index contributed by atoms with van der Waals surface area (Å²) in [6.07, 6.45) is 4.60. The van der Waals surface area contributed by atoms with E-state index < -0.39 is 10.8 Å². The first-order valence-corrected chi connectivity index (χ1v) is 9.50. The van der Waals surface area contributed by atoms with Gasteiger partial charge < -0.3 is 9.88 Å². The standard InChI is InChI=1S/C20H15N5O3S/c1-13-22-17(11-29-13)14-2-5-16(6-3-14)23-20(26)15-4-7-18(19(10-15)25(27)28)24-9-8-21-12-24/h2-12H,1H3,(H,23,26). The predicted molar refractivity (Wildman–Crippen MR) is 110 cm³/mol. The van der Waals surface area contributed by atoms with Crippen molar-refractivity contribution in [1.82, 2.24) is 14.5 Å². The molecule has 0 atom stereocenters. The molecule has 0 fully saturated rings. The van der Waals surface area contributed by atoms with E-state index in [9.17, 15) is 14.9 Å². The summed E-state index contributed by atoms with van der Waals surface area (Å²) >= 11 is 1.57. The minimum atomic E-state index is -0.517. The monoisotopic (exact) mass is 405 g/mol. The Kier molecular flexibility index (Phi) is 4.88. The Balaban J connectivity index is 1.55. The molecule has 0 bridgehead atoms. The van der Waals surface area contributed by atoms with E-state index >= 15 is 0 Å². The van der Waals surface area contributed by atoms with Crippen molar-refractivity contribution in [3.8, 4) is 16.9 Å². The molecule has 2 heterocycles. The van der Waals surface area contributed by atoms with Crippen molar-refractivity contribution in [3.63, 3.8) is 0 Å². The van der Waals surface area contributed by atoms with E-state index in [1.54, 1.807) is 35.7 Å². The maximum absolute atomic E-state index is 12.6. The number of amides is 1. The minimum absolute atomic E-state index is 0.176. The van der Waals surface area contributed by atoms with Crippen molar-refractivity contribution < 1.29 is 9.72 Å². The maximum atomic E-state index is 12.6. The number of thiazole rings is 1. The van der Waals surface area contributed by atoms with Crippen molar-refractivity contribution in [3.05, 3.63) is 87.3 Å². The van der Waals surface area contributed by atoms with Crippen LogP contribution in [-0.2, 0) is 0 Å². The van der Waals surface area contributed by atoms with Crippen LogP contribution in [-0.4, -0.2) is 25.4 Å². The summed E-state index contributed by atoms with van der Waals surface area (Å²) < 4.78 is 1.53. The summed E-state index contributed by atoms with van der Waals surface area (Å²) in [4.78, 5) is 31.9. The topological polar surface area (TPSA) is 103 Å². The van der Waals surface area contributed by atoms with E-state index in [-0.39, 0.29) is 11.3 Å². The maximum Gasteiger partial charge on any atom is 0.294 e. The molecule has 0 aliphatic rings. The summed E-state index contributed by atoms with van der Waals surface area (Å²) in [5.74, 6) is -0.428. The molecule has 1 amide bonds. The molecule has 0 unspecified atom stereocenters. The van der Waals surface area contributed by atoms with Crippen LogP contribution in [0, 0.1) is 17.0 Å². The molecule has 2 aromatic carbocycles. The lowest BCUT2D eigenvalue weighted by Crippen LogP contribution is -2.12. The van der Waals surface area contributed by atoms with Crippen molar-refractivity contribution in [2.45, 2.75) is 6.92 Å². The summed E-state index contributed by atoms with van der Waals surface area (Å²) in [6, 6.07) is 11.6. The molecule has 144 valence electrons. The van der Waals surface area contributed by atoms with Gasteiger partial charge in [0.15, 0.2) is 0 Å². The number of anilines is 1. The Morgan fingerprint density at radius 1 is 1.21 bits per heavy atom. The molecule has 4 rings (SSSR count). The predicted octanol–water partition coefficient (Wildman–Crippen LogP) is 4.46. The van der Waals surface area contributed by atoms with Gasteiger partial charge in [0.05, 0.1) is 22.0 Å². The number of nitrogens with one attached hydrogen (secondary N) is 1. The second-order valence-electron chi connectivity index (χ2n) is 6.21. The van der Waals surface area contributed by atoms with Gasteiger partial charge in [0.2, 0.25) is 0 Å². The van der Waals surface area contributed by atoms with Gasteiger partial charge in [-0.05, 0) is 31.2 Å². The number of aryl methyl sites for hydroxylation is 1. The molecule has 0 radical (unpaired) electrons. The van der Waals surface area contributed by atoms with Gasteiger partial charge in [0, 0.05) is 40.7 Å². The number of nitro benzene ring substituents is 1. The number of carbonyl (C=O) groups is 1. The highest BCUT2D eigenvalue weighted by Crippen LogP contribution is 2.26. The van der Waals surface area contributed by atoms with Gasteiger partial charge in [-0.3, -0.25) is 14.9 Å². The van der Waals surface area contributed by atoms with Crippen molar-refractivity contribution >= 4 is 28.6 Å². The minimum Gasteiger partial charge on any atom is -0.322 e. The van der Waals surface area contributed by atoms with E-state index in [0.29, 0.717) is 11.4 Å². The van der Waals surface area contributed by atoms with Crippen LogP contribution >= 0.6 is 11.3 Å². The first-order valence-electron chi connectivity index (χ1n) is 8.62. The molecule has 2 aromatic heterocycles. The van der Waals surface area contributed by atoms with E-state index in [0.717, 1.165) is 16.3 Å². The van der Waals surface area contributed by atoms with Gasteiger partial charge in [-0.2, -0.15) is 0 Å². The van der Waals surface area contributed by atoms with Gasteiger partial charge in [0.25, 0.3) is 11.6 Å². The molecule has 0 aliphatic heterocycles. The molecule has 0 spiro atoms. The molecule has 9 heteroatoms. The molecule has 0 saturated carbocycles. The van der Waals surface area contributed by atoms with Crippen LogP contribution in [0.2, 0.25) is 0 Å². The number of nitrogens with zero attached hydrogens (tertiary/aromatic N) is 4. The molecule has 1 N–H and O–H groups in total. The van der Waals surface area contributed by atoms with E-state index in [2.05, 4.69) is 15.3 Å². The van der Waals surface area contributed by atoms with Gasteiger partial charge in [-0.1, -0.05) is 12.1 Å². The molecule has 29 heavy (non-hydrogen) atoms. The van der Waals surface area contributed by atoms with Gasteiger partial charge in [-0.25, -0.2) is 9.97 Å². The summed E-state index contributed by atoms with van der Waals surface area (Å²) in [5, 5.41) is 17.2. The summed E-state index contributed by atoms with van der Waals surface area (Å²) in [6.45, 7) is 1.94. The quantitative estimate of drug-likeness (QED) is 0.390. The third kappa shape index (κ3) is 3.90. The average Bonchev–Trinajstić information content (AvgIpc) is 3.40. The molecule has 4 aromatic rings. The van der Waals surface area contributed by atoms with E-state index in [1.165, 1.54) is 29.2 Å².